The van der Waals surface area contributed by atoms with E-state index in [2.05, 4.69) is 20.8 Å². The summed E-state index contributed by atoms with van der Waals surface area (Å²) < 4.78 is 35.0. The number of sulfone groups is 1. The molecule has 10 nitrogen and oxygen atoms in total. The minimum Gasteiger partial charge on any atom is -0.446 e. The molecule has 0 radical (unpaired) electrons. The fraction of sp³-hybridized carbons (Fsp3) is 0.522. The van der Waals surface area contributed by atoms with Crippen LogP contribution in [0.3, 0.4) is 0 Å². The van der Waals surface area contributed by atoms with Crippen molar-refractivity contribution in [1.82, 2.24) is 15.5 Å². The zero-order valence-electron chi connectivity index (χ0n) is 19.7. The summed E-state index contributed by atoms with van der Waals surface area (Å²) in [4.78, 5) is 24.5. The third-order valence-corrected chi connectivity index (χ3v) is 6.85. The lowest BCUT2D eigenvalue weighted by Gasteiger charge is -2.12. The number of methoxy groups -OCH3 is 1. The van der Waals surface area contributed by atoms with Crippen LogP contribution in [-0.4, -0.2) is 56.6 Å². The maximum Gasteiger partial charge on any atom is 0.407 e. The first-order valence-corrected chi connectivity index (χ1v) is 13.2. The summed E-state index contributed by atoms with van der Waals surface area (Å²) >= 11 is 0. The van der Waals surface area contributed by atoms with Crippen molar-refractivity contribution >= 4 is 27.7 Å². The molecule has 1 aliphatic rings. The second-order valence-corrected chi connectivity index (χ2v) is 10.5. The lowest BCUT2D eigenvalue weighted by molar-refractivity contribution is -0.115. The van der Waals surface area contributed by atoms with Crippen LogP contribution >= 0.6 is 0 Å². The zero-order chi connectivity index (χ0) is 24.7. The molecule has 3 rings (SSSR count). The van der Waals surface area contributed by atoms with Gasteiger partial charge in [-0.1, -0.05) is 19.1 Å². The molecule has 0 saturated heterocycles. The van der Waals surface area contributed by atoms with E-state index in [0.29, 0.717) is 29.9 Å². The number of aromatic nitrogens is 2. The minimum absolute atomic E-state index is 0.107. The summed E-state index contributed by atoms with van der Waals surface area (Å²) in [6, 6.07) is 6.68. The number of alkyl carbamates (subject to hydrolysis) is 1. The van der Waals surface area contributed by atoms with Gasteiger partial charge in [-0.2, -0.15) is 5.10 Å². The molecule has 186 valence electrons. The molecule has 11 heteroatoms. The molecule has 0 spiro atoms. The molecule has 3 N–H and O–H groups in total. The molecule has 2 amide bonds. The van der Waals surface area contributed by atoms with Crippen molar-refractivity contribution in [2.75, 3.05) is 25.2 Å². The lowest BCUT2D eigenvalue weighted by atomic mass is 10.0. The Labute approximate surface area is 199 Å². The van der Waals surface area contributed by atoms with E-state index in [9.17, 15) is 18.0 Å². The number of rotatable bonds is 10. The second kappa shape index (κ2) is 11.5. The Bertz CT molecular complexity index is 1110. The highest BCUT2D eigenvalue weighted by molar-refractivity contribution is 7.90. The van der Waals surface area contributed by atoms with Gasteiger partial charge in [0.15, 0.2) is 15.7 Å². The van der Waals surface area contributed by atoms with Crippen molar-refractivity contribution in [3.63, 3.8) is 0 Å². The van der Waals surface area contributed by atoms with Crippen molar-refractivity contribution in [2.45, 2.75) is 62.6 Å². The molecular formula is C23H32N4O6S. The highest BCUT2D eigenvalue weighted by Crippen LogP contribution is 2.35. The molecule has 0 bridgehead atoms. The Balaban J connectivity index is 1.59. The molecule has 0 aliphatic heterocycles. The Hall–Kier alpha value is -2.92. The molecule has 0 unspecified atom stereocenters. The summed E-state index contributed by atoms with van der Waals surface area (Å²) in [7, 11) is -1.99. The summed E-state index contributed by atoms with van der Waals surface area (Å²) in [6.45, 7) is 2.84. The molecule has 1 saturated carbocycles. The smallest absolute Gasteiger partial charge is 0.407 e. The van der Waals surface area contributed by atoms with Crippen LogP contribution < -0.4 is 10.6 Å². The summed E-state index contributed by atoms with van der Waals surface area (Å²) in [6.07, 6.45) is 3.59. The number of nitrogens with zero attached hydrogens (tertiary/aromatic N) is 1. The standard InChI is InChI=1S/C23H32N4O6S/c1-4-9-24-23(29)33-18-8-7-16(11-18)19-13-21(27-26-19)25-22(28)12-17-6-5-15(14-32-2)10-20(17)34(3,30)31/h5-6,10,13,16,18H,4,7-9,11-12,14H2,1-3H3,(H,24,29)(H2,25,26,27,28)/t16-,18+/m0/s1. The SMILES string of the molecule is CCCNC(=O)O[C@@H]1CC[C@H](c2cc(NC(=O)Cc3ccc(COC)cc3S(C)(=O)=O)n[nH]2)C1. The van der Waals surface area contributed by atoms with E-state index in [4.69, 9.17) is 9.47 Å². The van der Waals surface area contributed by atoms with E-state index in [1.807, 2.05) is 6.92 Å². The van der Waals surface area contributed by atoms with E-state index in [0.717, 1.165) is 31.2 Å². The van der Waals surface area contributed by atoms with Gasteiger partial charge in [0.1, 0.15) is 6.10 Å². The number of ether oxygens (including phenoxy) is 2. The number of nitrogens with one attached hydrogen (secondary N) is 3. The Morgan fingerprint density at radius 2 is 2.03 bits per heavy atom. The largest absolute Gasteiger partial charge is 0.446 e. The predicted molar refractivity (Wildman–Crippen MR) is 126 cm³/mol. The molecule has 1 aromatic heterocycles. The highest BCUT2D eigenvalue weighted by Gasteiger charge is 2.30. The first-order chi connectivity index (χ1) is 16.2. The first kappa shape index (κ1) is 25.7. The van der Waals surface area contributed by atoms with E-state index >= 15 is 0 Å². The maximum absolute atomic E-state index is 12.6. The number of benzene rings is 1. The number of aromatic amines is 1. The third-order valence-electron chi connectivity index (χ3n) is 5.68. The number of carbonyl (C=O) groups excluding carboxylic acids is 2. The van der Waals surface area contributed by atoms with Gasteiger partial charge in [0, 0.05) is 37.6 Å². The van der Waals surface area contributed by atoms with E-state index < -0.39 is 15.9 Å². The van der Waals surface area contributed by atoms with Crippen molar-refractivity contribution in [2.24, 2.45) is 0 Å². The molecule has 1 fully saturated rings. The molecule has 1 heterocycles. The van der Waals surface area contributed by atoms with Gasteiger partial charge in [-0.15, -0.1) is 0 Å². The molecule has 1 aromatic carbocycles. The van der Waals surface area contributed by atoms with E-state index in [1.54, 1.807) is 18.2 Å². The quantitative estimate of drug-likeness (QED) is 0.463. The van der Waals surface area contributed by atoms with Crippen LogP contribution in [0.2, 0.25) is 0 Å². The van der Waals surface area contributed by atoms with Crippen molar-refractivity contribution < 1.29 is 27.5 Å². The van der Waals surface area contributed by atoms with E-state index in [1.165, 1.54) is 13.2 Å². The van der Waals surface area contributed by atoms with Crippen LogP contribution in [0.5, 0.6) is 0 Å². The number of amides is 2. The van der Waals surface area contributed by atoms with Gasteiger partial charge in [-0.05, 0) is 42.9 Å². The van der Waals surface area contributed by atoms with Crippen molar-refractivity contribution in [1.29, 1.82) is 0 Å². The highest BCUT2D eigenvalue weighted by atomic mass is 32.2. The fourth-order valence-electron chi connectivity index (χ4n) is 4.07. The molecule has 1 aliphatic carbocycles. The van der Waals surface area contributed by atoms with Crippen molar-refractivity contribution in [3.05, 3.63) is 41.1 Å². The number of hydrogen-bond donors (Lipinski definition) is 3. The maximum atomic E-state index is 12.6. The fourth-order valence-corrected chi connectivity index (χ4v) is 5.05. The van der Waals surface area contributed by atoms with E-state index in [-0.39, 0.29) is 35.9 Å². The normalized spacial score (nSPS) is 18.0. The van der Waals surface area contributed by atoms with Gasteiger partial charge in [-0.25, -0.2) is 13.2 Å². The topological polar surface area (TPSA) is 139 Å². The first-order valence-electron chi connectivity index (χ1n) is 11.3. The summed E-state index contributed by atoms with van der Waals surface area (Å²) in [5, 5.41) is 12.6. The number of H-pyrrole nitrogens is 1. The van der Waals surface area contributed by atoms with Gasteiger partial charge in [-0.3, -0.25) is 9.89 Å². The van der Waals surface area contributed by atoms with Crippen LogP contribution in [0.15, 0.2) is 29.2 Å². The lowest BCUT2D eigenvalue weighted by Crippen LogP contribution is -2.28. The van der Waals surface area contributed by atoms with Gasteiger partial charge >= 0.3 is 6.09 Å². The molecular weight excluding hydrogens is 460 g/mol. The second-order valence-electron chi connectivity index (χ2n) is 8.54. The van der Waals surface area contributed by atoms with Gasteiger partial charge < -0.3 is 20.1 Å². The van der Waals surface area contributed by atoms with Crippen LogP contribution in [-0.2, 0) is 37.1 Å². The number of hydrogen-bond acceptors (Lipinski definition) is 7. The van der Waals surface area contributed by atoms with Gasteiger partial charge in [0.25, 0.3) is 0 Å². The van der Waals surface area contributed by atoms with Crippen LogP contribution in [0.4, 0.5) is 10.6 Å². The van der Waals surface area contributed by atoms with Crippen LogP contribution in [0, 0.1) is 0 Å². The Kier molecular flexibility index (Phi) is 8.67. The number of anilines is 1. The van der Waals surface area contributed by atoms with Crippen molar-refractivity contribution in [3.8, 4) is 0 Å². The number of carbonyl (C=O) groups is 2. The minimum atomic E-state index is -3.52. The summed E-state index contributed by atoms with van der Waals surface area (Å²) in [5.41, 5.74) is 1.98. The summed E-state index contributed by atoms with van der Waals surface area (Å²) in [5.74, 6) is 0.136. The average molecular weight is 493 g/mol. The predicted octanol–water partition coefficient (Wildman–Crippen LogP) is 2.91. The zero-order valence-corrected chi connectivity index (χ0v) is 20.5. The Morgan fingerprint density at radius 3 is 2.74 bits per heavy atom. The average Bonchev–Trinajstić information content (AvgIpc) is 3.42. The molecule has 34 heavy (non-hydrogen) atoms. The van der Waals surface area contributed by atoms with Gasteiger partial charge in [0.2, 0.25) is 5.91 Å². The van der Waals surface area contributed by atoms with Gasteiger partial charge in [0.05, 0.1) is 17.9 Å². The van der Waals surface area contributed by atoms with Crippen LogP contribution in [0.25, 0.3) is 0 Å². The third kappa shape index (κ3) is 7.04. The Morgan fingerprint density at radius 1 is 1.24 bits per heavy atom. The monoisotopic (exact) mass is 492 g/mol. The van der Waals surface area contributed by atoms with Crippen LogP contribution in [0.1, 0.15) is 55.3 Å². The molecule has 2 aromatic rings. The molecule has 2 atom stereocenters.